The first-order valence-electron chi connectivity index (χ1n) is 6.94. The lowest BCUT2D eigenvalue weighted by Crippen LogP contribution is -2.29. The van der Waals surface area contributed by atoms with E-state index in [9.17, 15) is 18.0 Å². The van der Waals surface area contributed by atoms with Crippen molar-refractivity contribution in [3.05, 3.63) is 58.1 Å². The number of nitrogens with one attached hydrogen (secondary N) is 2. The smallest absolute Gasteiger partial charge is 0.397 e. The third-order valence-electron chi connectivity index (χ3n) is 3.39. The van der Waals surface area contributed by atoms with Gasteiger partial charge in [-0.25, -0.2) is 4.79 Å². The van der Waals surface area contributed by atoms with Gasteiger partial charge in [-0.1, -0.05) is 35.9 Å². The fraction of sp³-hybridized carbons (Fsp3) is 0.188. The van der Waals surface area contributed by atoms with Gasteiger partial charge in [-0.05, 0) is 30.2 Å². The summed E-state index contributed by atoms with van der Waals surface area (Å²) in [6, 6.07) is 8.30. The highest BCUT2D eigenvalue weighted by molar-refractivity contribution is 6.34. The second-order valence-corrected chi connectivity index (χ2v) is 5.56. The fourth-order valence-corrected chi connectivity index (χ4v) is 2.34. The van der Waals surface area contributed by atoms with E-state index in [4.69, 9.17) is 17.3 Å². The number of amides is 2. The van der Waals surface area contributed by atoms with Crippen molar-refractivity contribution in [2.75, 3.05) is 11.1 Å². The molecule has 0 aliphatic heterocycles. The Kier molecular flexibility index (Phi) is 5.23. The maximum absolute atomic E-state index is 12.7. The van der Waals surface area contributed by atoms with E-state index >= 15 is 0 Å². The van der Waals surface area contributed by atoms with Gasteiger partial charge in [0.05, 0.1) is 22.0 Å². The van der Waals surface area contributed by atoms with Gasteiger partial charge < -0.3 is 16.4 Å². The van der Waals surface area contributed by atoms with Gasteiger partial charge in [0, 0.05) is 6.54 Å². The van der Waals surface area contributed by atoms with Crippen LogP contribution in [0.1, 0.15) is 16.7 Å². The van der Waals surface area contributed by atoms with Crippen LogP contribution in [0, 0.1) is 6.92 Å². The van der Waals surface area contributed by atoms with E-state index in [2.05, 4.69) is 10.6 Å². The average molecular weight is 358 g/mol. The Hall–Kier alpha value is -2.41. The van der Waals surface area contributed by atoms with Crippen molar-refractivity contribution in [1.29, 1.82) is 0 Å². The van der Waals surface area contributed by atoms with Crippen molar-refractivity contribution in [1.82, 2.24) is 5.32 Å². The molecule has 0 unspecified atom stereocenters. The van der Waals surface area contributed by atoms with E-state index in [1.165, 1.54) is 0 Å². The van der Waals surface area contributed by atoms with Crippen LogP contribution in [0.3, 0.4) is 0 Å². The van der Waals surface area contributed by atoms with Gasteiger partial charge in [-0.3, -0.25) is 0 Å². The van der Waals surface area contributed by atoms with Gasteiger partial charge in [0.25, 0.3) is 0 Å². The SMILES string of the molecule is Cc1ccccc1CNC(=O)Nc1c(N)cc(C(F)(F)F)cc1Cl. The molecule has 2 aromatic rings. The molecule has 0 saturated heterocycles. The summed E-state index contributed by atoms with van der Waals surface area (Å²) in [7, 11) is 0. The van der Waals surface area contributed by atoms with Crippen LogP contribution in [0.2, 0.25) is 5.02 Å². The molecule has 0 atom stereocenters. The lowest BCUT2D eigenvalue weighted by atomic mass is 10.1. The van der Waals surface area contributed by atoms with Crippen molar-refractivity contribution >= 4 is 29.0 Å². The van der Waals surface area contributed by atoms with E-state index in [1.807, 2.05) is 31.2 Å². The Labute approximate surface area is 141 Å². The third-order valence-corrected chi connectivity index (χ3v) is 3.69. The van der Waals surface area contributed by atoms with Crippen molar-refractivity contribution in [2.45, 2.75) is 19.6 Å². The summed E-state index contributed by atoms with van der Waals surface area (Å²) in [6.45, 7) is 2.16. The summed E-state index contributed by atoms with van der Waals surface area (Å²) in [5, 5.41) is 4.69. The standard InChI is InChI=1S/C16H15ClF3N3O/c1-9-4-2-3-5-10(9)8-22-15(24)23-14-12(17)6-11(7-13(14)21)16(18,19)20/h2-7H,8,21H2,1H3,(H2,22,23,24). The lowest BCUT2D eigenvalue weighted by Gasteiger charge is -2.15. The maximum atomic E-state index is 12.7. The minimum Gasteiger partial charge on any atom is -0.397 e. The number of anilines is 2. The molecule has 0 aromatic heterocycles. The van der Waals surface area contributed by atoms with E-state index in [0.29, 0.717) is 0 Å². The number of nitrogen functional groups attached to an aromatic ring is 1. The zero-order valence-electron chi connectivity index (χ0n) is 12.7. The number of alkyl halides is 3. The van der Waals surface area contributed by atoms with Crippen LogP contribution in [0.25, 0.3) is 0 Å². The quantitative estimate of drug-likeness (QED) is 0.704. The molecule has 0 saturated carbocycles. The van der Waals surface area contributed by atoms with Crippen molar-refractivity contribution < 1.29 is 18.0 Å². The maximum Gasteiger partial charge on any atom is 0.416 e. The first-order chi connectivity index (χ1) is 11.2. The van der Waals surface area contributed by atoms with E-state index in [-0.39, 0.29) is 22.9 Å². The van der Waals surface area contributed by atoms with Crippen LogP contribution < -0.4 is 16.4 Å². The summed E-state index contributed by atoms with van der Waals surface area (Å²) in [4.78, 5) is 11.9. The minimum absolute atomic E-state index is 0.0630. The number of halogens is 4. The molecule has 0 spiro atoms. The number of carbonyl (C=O) groups excluding carboxylic acids is 1. The van der Waals surface area contributed by atoms with Gasteiger partial charge in [0.1, 0.15) is 0 Å². The molecule has 0 aliphatic carbocycles. The molecule has 2 rings (SSSR count). The van der Waals surface area contributed by atoms with E-state index in [0.717, 1.165) is 23.3 Å². The highest BCUT2D eigenvalue weighted by atomic mass is 35.5. The summed E-state index contributed by atoms with van der Waals surface area (Å²) in [6.07, 6.45) is -4.57. The van der Waals surface area contributed by atoms with Crippen molar-refractivity contribution in [2.24, 2.45) is 0 Å². The number of rotatable bonds is 3. The van der Waals surface area contributed by atoms with Crippen LogP contribution in [-0.4, -0.2) is 6.03 Å². The molecule has 4 N–H and O–H groups in total. The number of aryl methyl sites for hydroxylation is 1. The highest BCUT2D eigenvalue weighted by Crippen LogP contribution is 2.37. The van der Waals surface area contributed by atoms with Crippen LogP contribution in [0.15, 0.2) is 36.4 Å². The number of nitrogens with two attached hydrogens (primary N) is 1. The van der Waals surface area contributed by atoms with Crippen molar-refractivity contribution in [3.63, 3.8) is 0 Å². The average Bonchev–Trinajstić information content (AvgIpc) is 2.49. The Balaban J connectivity index is 2.08. The van der Waals surface area contributed by atoms with Gasteiger partial charge in [0.2, 0.25) is 0 Å². The summed E-state index contributed by atoms with van der Waals surface area (Å²) in [5.41, 5.74) is 6.19. The number of hydrogen-bond donors (Lipinski definition) is 3. The Morgan fingerprint density at radius 3 is 2.50 bits per heavy atom. The molecule has 2 aromatic carbocycles. The molecule has 24 heavy (non-hydrogen) atoms. The predicted molar refractivity (Wildman–Crippen MR) is 87.9 cm³/mol. The molecular weight excluding hydrogens is 343 g/mol. The Morgan fingerprint density at radius 1 is 1.25 bits per heavy atom. The summed E-state index contributed by atoms with van der Waals surface area (Å²) >= 11 is 5.80. The van der Waals surface area contributed by atoms with E-state index < -0.39 is 17.8 Å². The normalized spacial score (nSPS) is 11.2. The molecule has 0 radical (unpaired) electrons. The first kappa shape index (κ1) is 17.9. The van der Waals surface area contributed by atoms with Gasteiger partial charge in [-0.15, -0.1) is 0 Å². The third kappa shape index (κ3) is 4.32. The number of urea groups is 1. The molecule has 0 aliphatic rings. The van der Waals surface area contributed by atoms with Gasteiger partial charge in [-0.2, -0.15) is 13.2 Å². The summed E-state index contributed by atoms with van der Waals surface area (Å²) in [5.74, 6) is 0. The molecule has 2 amide bonds. The summed E-state index contributed by atoms with van der Waals surface area (Å²) < 4.78 is 38.0. The van der Waals surface area contributed by atoms with Crippen LogP contribution in [-0.2, 0) is 12.7 Å². The zero-order chi connectivity index (χ0) is 17.9. The van der Waals surface area contributed by atoms with Crippen molar-refractivity contribution in [3.8, 4) is 0 Å². The highest BCUT2D eigenvalue weighted by Gasteiger charge is 2.32. The monoisotopic (exact) mass is 357 g/mol. The molecular formula is C16H15ClF3N3O. The van der Waals surface area contributed by atoms with Crippen LogP contribution >= 0.6 is 11.6 Å². The minimum atomic E-state index is -4.57. The second-order valence-electron chi connectivity index (χ2n) is 5.15. The van der Waals surface area contributed by atoms with Crippen LogP contribution in [0.5, 0.6) is 0 Å². The largest absolute Gasteiger partial charge is 0.416 e. The molecule has 0 heterocycles. The fourth-order valence-electron chi connectivity index (χ4n) is 2.07. The first-order valence-corrected chi connectivity index (χ1v) is 7.32. The van der Waals surface area contributed by atoms with Crippen LogP contribution in [0.4, 0.5) is 29.3 Å². The number of hydrogen-bond acceptors (Lipinski definition) is 2. The zero-order valence-corrected chi connectivity index (χ0v) is 13.4. The Bertz CT molecular complexity index is 739. The molecule has 8 heteroatoms. The lowest BCUT2D eigenvalue weighted by molar-refractivity contribution is -0.137. The Morgan fingerprint density at radius 2 is 1.92 bits per heavy atom. The van der Waals surface area contributed by atoms with Gasteiger partial charge >= 0.3 is 12.2 Å². The molecule has 0 fully saturated rings. The molecule has 128 valence electrons. The predicted octanol–water partition coefficient (Wildman–Crippen LogP) is 4.57. The van der Waals surface area contributed by atoms with E-state index in [1.54, 1.807) is 0 Å². The topological polar surface area (TPSA) is 67.2 Å². The molecule has 4 nitrogen and oxygen atoms in total. The number of carbonyl (C=O) groups is 1. The number of benzene rings is 2. The molecule has 0 bridgehead atoms. The van der Waals surface area contributed by atoms with Gasteiger partial charge in [0.15, 0.2) is 0 Å². The second kappa shape index (κ2) is 7.00.